The molecule has 0 amide bonds. The maximum atomic E-state index is 6.31. The number of fused-ring (bicyclic) bond motifs is 3. The van der Waals surface area contributed by atoms with Gasteiger partial charge in [0.05, 0.1) is 11.0 Å². The summed E-state index contributed by atoms with van der Waals surface area (Å²) in [6.45, 7) is 4.70. The number of hydrogen-bond acceptors (Lipinski definition) is 4. The molecule has 6 nitrogen and oxygen atoms in total. The Labute approximate surface area is 187 Å². The Morgan fingerprint density at radius 2 is 1.71 bits per heavy atom. The Balaban J connectivity index is 1.63. The molecule has 0 aliphatic rings. The molecule has 4 aromatic rings. The molecule has 4 rings (SSSR count). The van der Waals surface area contributed by atoms with Crippen molar-refractivity contribution in [3.8, 4) is 11.4 Å². The molecule has 0 spiro atoms. The number of imidazole rings is 1. The second-order valence-electron chi connectivity index (χ2n) is 7.55. The van der Waals surface area contributed by atoms with Crippen molar-refractivity contribution in [3.63, 3.8) is 0 Å². The van der Waals surface area contributed by atoms with E-state index in [0.29, 0.717) is 5.82 Å². The molecule has 0 saturated heterocycles. The van der Waals surface area contributed by atoms with Crippen LogP contribution in [0.3, 0.4) is 0 Å². The van der Waals surface area contributed by atoms with Crippen LogP contribution in [0.25, 0.3) is 33.3 Å². The summed E-state index contributed by atoms with van der Waals surface area (Å²) in [7, 11) is 0. The number of hydrogen-bond donors (Lipinski definition) is 3. The van der Waals surface area contributed by atoms with Crippen molar-refractivity contribution in [1.29, 1.82) is 0 Å². The van der Waals surface area contributed by atoms with E-state index in [2.05, 4.69) is 45.3 Å². The number of anilines is 1. The molecule has 0 unspecified atom stereocenters. The molecule has 7 heteroatoms. The quantitative estimate of drug-likeness (QED) is 0.281. The molecule has 0 atom stereocenters. The minimum atomic E-state index is 0.471. The van der Waals surface area contributed by atoms with E-state index in [0.717, 1.165) is 77.3 Å². The lowest BCUT2D eigenvalue weighted by atomic mass is 10.1. The summed E-state index contributed by atoms with van der Waals surface area (Å²) in [4.78, 5) is 9.50. The summed E-state index contributed by atoms with van der Waals surface area (Å²) in [5, 5.41) is 8.29. The fourth-order valence-corrected chi connectivity index (χ4v) is 3.99. The molecular weight excluding hydrogens is 404 g/mol. The van der Waals surface area contributed by atoms with Crippen molar-refractivity contribution in [2.75, 3.05) is 18.8 Å². The van der Waals surface area contributed by atoms with Crippen LogP contribution >= 0.6 is 12.2 Å². The summed E-state index contributed by atoms with van der Waals surface area (Å²) in [5.41, 5.74) is 10.1. The van der Waals surface area contributed by atoms with Gasteiger partial charge in [0.25, 0.3) is 0 Å². The van der Waals surface area contributed by atoms with Crippen molar-refractivity contribution in [2.24, 2.45) is 0 Å². The molecule has 0 saturated carbocycles. The minimum Gasteiger partial charge on any atom is -0.382 e. The highest BCUT2D eigenvalue weighted by molar-refractivity contribution is 7.80. The van der Waals surface area contributed by atoms with Gasteiger partial charge in [0.1, 0.15) is 11.3 Å². The molecule has 0 aliphatic carbocycles. The van der Waals surface area contributed by atoms with Crippen molar-refractivity contribution in [2.45, 2.75) is 32.7 Å². The standard InChI is InChI=1S/C24H28N6S/c1-2-14-26-24(31)27-15-8-9-16-30-21-18-12-6-7-13-19(18)28-22(25)20(21)29-23(30)17-10-4-3-5-11-17/h3-7,10-13H,2,8-9,14-16H2,1H3,(H2,25,28)(H2,26,27,31). The van der Waals surface area contributed by atoms with Crippen LogP contribution in [0.15, 0.2) is 54.6 Å². The van der Waals surface area contributed by atoms with E-state index in [1.807, 2.05) is 36.4 Å². The van der Waals surface area contributed by atoms with Gasteiger partial charge in [-0.15, -0.1) is 0 Å². The maximum absolute atomic E-state index is 6.31. The second kappa shape index (κ2) is 9.75. The van der Waals surface area contributed by atoms with Crippen LogP contribution in [0.5, 0.6) is 0 Å². The predicted octanol–water partition coefficient (Wildman–Crippen LogP) is 4.49. The Bertz CT molecular complexity index is 1190. The summed E-state index contributed by atoms with van der Waals surface area (Å²) in [6.07, 6.45) is 3.05. The second-order valence-corrected chi connectivity index (χ2v) is 7.96. The van der Waals surface area contributed by atoms with Gasteiger partial charge in [-0.05, 0) is 37.5 Å². The van der Waals surface area contributed by atoms with Gasteiger partial charge in [-0.1, -0.05) is 55.5 Å². The van der Waals surface area contributed by atoms with Crippen molar-refractivity contribution < 1.29 is 0 Å². The number of rotatable bonds is 8. The molecular formula is C24H28N6S. The van der Waals surface area contributed by atoms with Gasteiger partial charge in [0, 0.05) is 30.6 Å². The number of thiocarbonyl (C=S) groups is 1. The zero-order chi connectivity index (χ0) is 21.6. The highest BCUT2D eigenvalue weighted by Crippen LogP contribution is 2.32. The molecule has 0 bridgehead atoms. The van der Waals surface area contributed by atoms with Gasteiger partial charge in [0.2, 0.25) is 0 Å². The molecule has 4 N–H and O–H groups in total. The minimum absolute atomic E-state index is 0.471. The summed E-state index contributed by atoms with van der Waals surface area (Å²) in [5.74, 6) is 1.40. The van der Waals surface area contributed by atoms with E-state index in [1.165, 1.54) is 0 Å². The Kier molecular flexibility index (Phi) is 6.62. The van der Waals surface area contributed by atoms with Crippen LogP contribution in [0, 0.1) is 0 Å². The summed E-state index contributed by atoms with van der Waals surface area (Å²) in [6, 6.07) is 18.4. The molecule has 0 aliphatic heterocycles. The van der Waals surface area contributed by atoms with Gasteiger partial charge in [-0.25, -0.2) is 9.97 Å². The van der Waals surface area contributed by atoms with Crippen LogP contribution in [0.1, 0.15) is 26.2 Å². The average molecular weight is 433 g/mol. The molecule has 2 aromatic heterocycles. The van der Waals surface area contributed by atoms with E-state index in [9.17, 15) is 0 Å². The molecule has 2 heterocycles. The van der Waals surface area contributed by atoms with Crippen LogP contribution in [-0.2, 0) is 6.54 Å². The lowest BCUT2D eigenvalue weighted by molar-refractivity contribution is 0.615. The molecule has 0 fully saturated rings. The number of nitrogens with two attached hydrogens (primary N) is 1. The van der Waals surface area contributed by atoms with E-state index in [4.69, 9.17) is 22.9 Å². The van der Waals surface area contributed by atoms with Gasteiger partial charge in [-0.2, -0.15) is 0 Å². The lowest BCUT2D eigenvalue weighted by Gasteiger charge is -2.12. The first-order valence-corrected chi connectivity index (χ1v) is 11.2. The molecule has 0 radical (unpaired) electrons. The number of unbranched alkanes of at least 4 members (excludes halogenated alkanes) is 1. The van der Waals surface area contributed by atoms with E-state index < -0.39 is 0 Å². The van der Waals surface area contributed by atoms with Gasteiger partial charge < -0.3 is 20.9 Å². The smallest absolute Gasteiger partial charge is 0.166 e. The Morgan fingerprint density at radius 1 is 0.968 bits per heavy atom. The summed E-state index contributed by atoms with van der Waals surface area (Å²) < 4.78 is 2.29. The zero-order valence-corrected chi connectivity index (χ0v) is 18.6. The van der Waals surface area contributed by atoms with Gasteiger partial charge in [0.15, 0.2) is 10.9 Å². The van der Waals surface area contributed by atoms with Crippen LogP contribution in [-0.4, -0.2) is 32.7 Å². The number of para-hydroxylation sites is 1. The topological polar surface area (TPSA) is 80.8 Å². The number of nitrogen functional groups attached to an aromatic ring is 1. The third-order valence-corrected chi connectivity index (χ3v) is 5.56. The largest absolute Gasteiger partial charge is 0.382 e. The normalized spacial score (nSPS) is 11.1. The molecule has 2 aromatic carbocycles. The van der Waals surface area contributed by atoms with Crippen molar-refractivity contribution >= 4 is 45.1 Å². The number of nitrogens with zero attached hydrogens (tertiary/aromatic N) is 3. The number of aryl methyl sites for hydroxylation is 1. The first kappa shape index (κ1) is 21.1. The number of pyridine rings is 1. The maximum Gasteiger partial charge on any atom is 0.166 e. The fourth-order valence-electron chi connectivity index (χ4n) is 3.78. The Morgan fingerprint density at radius 3 is 2.52 bits per heavy atom. The molecule has 160 valence electrons. The van der Waals surface area contributed by atoms with Crippen molar-refractivity contribution in [3.05, 3.63) is 54.6 Å². The van der Waals surface area contributed by atoms with Crippen LogP contribution < -0.4 is 16.4 Å². The molecule has 31 heavy (non-hydrogen) atoms. The fraction of sp³-hybridized carbons (Fsp3) is 0.292. The van der Waals surface area contributed by atoms with Crippen molar-refractivity contribution in [1.82, 2.24) is 25.2 Å². The zero-order valence-electron chi connectivity index (χ0n) is 17.8. The van der Waals surface area contributed by atoms with Crippen LogP contribution in [0.4, 0.5) is 5.82 Å². The highest BCUT2D eigenvalue weighted by Gasteiger charge is 2.18. The number of benzene rings is 2. The first-order chi connectivity index (χ1) is 15.2. The summed E-state index contributed by atoms with van der Waals surface area (Å²) >= 11 is 5.31. The van der Waals surface area contributed by atoms with Crippen LogP contribution in [0.2, 0.25) is 0 Å². The number of nitrogens with one attached hydrogen (secondary N) is 2. The van der Waals surface area contributed by atoms with E-state index in [-0.39, 0.29) is 0 Å². The third-order valence-electron chi connectivity index (χ3n) is 5.27. The SMILES string of the molecule is CCCNC(=S)NCCCCn1c(-c2ccccc2)nc2c(N)nc3ccccc3c21. The van der Waals surface area contributed by atoms with Gasteiger partial charge >= 0.3 is 0 Å². The lowest BCUT2D eigenvalue weighted by Crippen LogP contribution is -2.36. The number of aromatic nitrogens is 3. The van der Waals surface area contributed by atoms with Gasteiger partial charge in [-0.3, -0.25) is 0 Å². The average Bonchev–Trinajstić information content (AvgIpc) is 3.18. The first-order valence-electron chi connectivity index (χ1n) is 10.8. The third kappa shape index (κ3) is 4.61. The highest BCUT2D eigenvalue weighted by atomic mass is 32.1. The Hall–Kier alpha value is -3.19. The van der Waals surface area contributed by atoms with E-state index >= 15 is 0 Å². The monoisotopic (exact) mass is 432 g/mol. The predicted molar refractivity (Wildman–Crippen MR) is 133 cm³/mol. The van der Waals surface area contributed by atoms with E-state index in [1.54, 1.807) is 0 Å².